The number of carbonyl (C=O) groups is 1. The Balaban J connectivity index is 2.00. The zero-order valence-electron chi connectivity index (χ0n) is 11.1. The highest BCUT2D eigenvalue weighted by atomic mass is 16.4. The summed E-state index contributed by atoms with van der Waals surface area (Å²) in [5.74, 6) is 4.72. The maximum atomic E-state index is 11.3. The van der Waals surface area contributed by atoms with E-state index in [9.17, 15) is 9.90 Å². The molecule has 2 heteroatoms. The minimum Gasteiger partial charge on any atom is -0.481 e. The summed E-state index contributed by atoms with van der Waals surface area (Å²) in [7, 11) is 0. The molecule has 0 amide bonds. The molecule has 0 saturated carbocycles. The van der Waals surface area contributed by atoms with Crippen molar-refractivity contribution in [1.82, 2.24) is 0 Å². The lowest BCUT2D eigenvalue weighted by atomic mass is 9.96. The molecule has 0 aliphatic carbocycles. The Bertz CT molecular complexity index is 606. The van der Waals surface area contributed by atoms with E-state index < -0.39 is 11.9 Å². The summed E-state index contributed by atoms with van der Waals surface area (Å²) in [5.41, 5.74) is 1.94. The first kappa shape index (κ1) is 13.9. The van der Waals surface area contributed by atoms with Crippen molar-refractivity contribution in [2.45, 2.75) is 12.8 Å². The Morgan fingerprint density at radius 1 is 1.00 bits per heavy atom. The summed E-state index contributed by atoms with van der Waals surface area (Å²) in [5, 5.41) is 9.26. The molecular formula is C18H16O2. The van der Waals surface area contributed by atoms with Gasteiger partial charge in [-0.3, -0.25) is 4.79 Å². The lowest BCUT2D eigenvalue weighted by Gasteiger charge is -2.08. The molecule has 20 heavy (non-hydrogen) atoms. The van der Waals surface area contributed by atoms with Crippen LogP contribution in [0.25, 0.3) is 0 Å². The van der Waals surface area contributed by atoms with E-state index in [-0.39, 0.29) is 0 Å². The van der Waals surface area contributed by atoms with Crippen molar-refractivity contribution in [3.8, 4) is 11.8 Å². The molecule has 100 valence electrons. The van der Waals surface area contributed by atoms with Crippen LogP contribution >= 0.6 is 0 Å². The van der Waals surface area contributed by atoms with Crippen LogP contribution in [-0.2, 0) is 11.2 Å². The van der Waals surface area contributed by atoms with Gasteiger partial charge in [0, 0.05) is 12.0 Å². The zero-order valence-corrected chi connectivity index (χ0v) is 11.1. The van der Waals surface area contributed by atoms with Crippen LogP contribution in [0.4, 0.5) is 0 Å². The highest BCUT2D eigenvalue weighted by Gasteiger charge is 2.16. The number of benzene rings is 2. The van der Waals surface area contributed by atoms with Crippen molar-refractivity contribution in [1.29, 1.82) is 0 Å². The van der Waals surface area contributed by atoms with Gasteiger partial charge in [0.2, 0.25) is 0 Å². The van der Waals surface area contributed by atoms with E-state index in [0.29, 0.717) is 12.8 Å². The van der Waals surface area contributed by atoms with Gasteiger partial charge in [0.25, 0.3) is 0 Å². The highest BCUT2D eigenvalue weighted by molar-refractivity contribution is 5.70. The predicted octanol–water partition coefficient (Wildman–Crippen LogP) is 3.37. The first-order valence-corrected chi connectivity index (χ1v) is 6.56. The summed E-state index contributed by atoms with van der Waals surface area (Å²) in [4.78, 5) is 11.3. The summed E-state index contributed by atoms with van der Waals surface area (Å²) in [6.45, 7) is 0. The van der Waals surface area contributed by atoms with Crippen molar-refractivity contribution in [2.75, 3.05) is 0 Å². The first-order chi connectivity index (χ1) is 9.75. The molecule has 2 aromatic rings. The van der Waals surface area contributed by atoms with Crippen molar-refractivity contribution >= 4 is 5.97 Å². The molecule has 1 unspecified atom stereocenters. The maximum absolute atomic E-state index is 11.3. The van der Waals surface area contributed by atoms with E-state index in [1.807, 2.05) is 60.7 Å². The molecule has 0 fully saturated rings. The van der Waals surface area contributed by atoms with Crippen molar-refractivity contribution < 1.29 is 9.90 Å². The van der Waals surface area contributed by atoms with Gasteiger partial charge in [-0.1, -0.05) is 60.4 Å². The fraction of sp³-hybridized carbons (Fsp3) is 0.167. The molecule has 0 aromatic heterocycles. The third-order valence-corrected chi connectivity index (χ3v) is 3.03. The molecule has 1 atom stereocenters. The van der Waals surface area contributed by atoms with Crippen LogP contribution in [0, 0.1) is 17.8 Å². The van der Waals surface area contributed by atoms with E-state index >= 15 is 0 Å². The number of aliphatic carboxylic acids is 1. The molecule has 0 saturated heterocycles. The van der Waals surface area contributed by atoms with Crippen LogP contribution in [0.1, 0.15) is 17.5 Å². The van der Waals surface area contributed by atoms with Crippen LogP contribution in [0.3, 0.4) is 0 Å². The fourth-order valence-corrected chi connectivity index (χ4v) is 1.94. The Morgan fingerprint density at radius 2 is 1.60 bits per heavy atom. The van der Waals surface area contributed by atoms with Crippen LogP contribution in [-0.4, -0.2) is 11.1 Å². The van der Waals surface area contributed by atoms with Crippen LogP contribution in [0.15, 0.2) is 60.7 Å². The van der Waals surface area contributed by atoms with Crippen LogP contribution in [0.2, 0.25) is 0 Å². The normalized spacial score (nSPS) is 11.2. The Labute approximate surface area is 119 Å². The molecule has 0 spiro atoms. The van der Waals surface area contributed by atoms with E-state index in [0.717, 1.165) is 11.1 Å². The lowest BCUT2D eigenvalue weighted by molar-refractivity contribution is -0.141. The Hall–Kier alpha value is -2.53. The van der Waals surface area contributed by atoms with Gasteiger partial charge in [-0.2, -0.15) is 0 Å². The fourth-order valence-electron chi connectivity index (χ4n) is 1.94. The molecule has 0 radical (unpaired) electrons. The van der Waals surface area contributed by atoms with Crippen LogP contribution < -0.4 is 0 Å². The van der Waals surface area contributed by atoms with Crippen LogP contribution in [0.5, 0.6) is 0 Å². The molecule has 0 aliphatic rings. The third-order valence-electron chi connectivity index (χ3n) is 3.03. The largest absolute Gasteiger partial charge is 0.481 e. The summed E-state index contributed by atoms with van der Waals surface area (Å²) in [6.07, 6.45) is 0.874. The van der Waals surface area contributed by atoms with E-state index in [4.69, 9.17) is 0 Å². The second kappa shape index (κ2) is 7.16. The van der Waals surface area contributed by atoms with E-state index in [1.54, 1.807) is 0 Å². The van der Waals surface area contributed by atoms with Gasteiger partial charge >= 0.3 is 5.97 Å². The number of carboxylic acids is 1. The first-order valence-electron chi connectivity index (χ1n) is 6.56. The lowest BCUT2D eigenvalue weighted by Crippen LogP contribution is -2.15. The summed E-state index contributed by atoms with van der Waals surface area (Å²) in [6, 6.07) is 19.3. The molecule has 0 aliphatic heterocycles. The van der Waals surface area contributed by atoms with Gasteiger partial charge in [0.1, 0.15) is 0 Å². The average molecular weight is 264 g/mol. The smallest absolute Gasteiger partial charge is 0.307 e. The number of rotatable bonds is 4. The Morgan fingerprint density at radius 3 is 2.20 bits per heavy atom. The zero-order chi connectivity index (χ0) is 14.2. The molecule has 0 bridgehead atoms. The number of hydrogen-bond donors (Lipinski definition) is 1. The minimum atomic E-state index is -0.795. The maximum Gasteiger partial charge on any atom is 0.307 e. The molecule has 2 nitrogen and oxygen atoms in total. The topological polar surface area (TPSA) is 37.3 Å². The second-order valence-corrected chi connectivity index (χ2v) is 4.60. The van der Waals surface area contributed by atoms with Crippen molar-refractivity contribution in [2.24, 2.45) is 5.92 Å². The SMILES string of the molecule is O=C(O)C(CC#Cc1ccccc1)Cc1ccccc1. The molecule has 0 heterocycles. The van der Waals surface area contributed by atoms with Gasteiger partial charge in [-0.15, -0.1) is 0 Å². The highest BCUT2D eigenvalue weighted by Crippen LogP contribution is 2.12. The third kappa shape index (κ3) is 4.29. The standard InChI is InChI=1S/C18H16O2/c19-18(20)17(14-16-10-5-2-6-11-16)13-7-12-15-8-3-1-4-9-15/h1-6,8-11,17H,13-14H2,(H,19,20). The van der Waals surface area contributed by atoms with Gasteiger partial charge in [-0.05, 0) is 24.1 Å². The van der Waals surface area contributed by atoms with Gasteiger partial charge in [0.05, 0.1) is 5.92 Å². The van der Waals surface area contributed by atoms with Crippen molar-refractivity contribution in [3.05, 3.63) is 71.8 Å². The minimum absolute atomic E-state index is 0.360. The van der Waals surface area contributed by atoms with Gasteiger partial charge in [0.15, 0.2) is 0 Å². The summed E-state index contributed by atoms with van der Waals surface area (Å²) >= 11 is 0. The van der Waals surface area contributed by atoms with E-state index in [2.05, 4.69) is 11.8 Å². The average Bonchev–Trinajstić information content (AvgIpc) is 2.48. The monoisotopic (exact) mass is 264 g/mol. The number of hydrogen-bond acceptors (Lipinski definition) is 1. The Kier molecular flexibility index (Phi) is 4.97. The van der Waals surface area contributed by atoms with E-state index in [1.165, 1.54) is 0 Å². The molecule has 2 rings (SSSR count). The number of carboxylic acid groups (broad SMARTS) is 1. The molecular weight excluding hydrogens is 248 g/mol. The van der Waals surface area contributed by atoms with Crippen molar-refractivity contribution in [3.63, 3.8) is 0 Å². The second-order valence-electron chi connectivity index (χ2n) is 4.60. The molecule has 1 N–H and O–H groups in total. The van der Waals surface area contributed by atoms with Gasteiger partial charge in [-0.25, -0.2) is 0 Å². The summed E-state index contributed by atoms with van der Waals surface area (Å²) < 4.78 is 0. The predicted molar refractivity (Wildman–Crippen MR) is 79.2 cm³/mol. The van der Waals surface area contributed by atoms with Gasteiger partial charge < -0.3 is 5.11 Å². The molecule has 2 aromatic carbocycles. The quantitative estimate of drug-likeness (QED) is 0.860.